The van der Waals surface area contributed by atoms with Gasteiger partial charge in [0.25, 0.3) is 0 Å². The summed E-state index contributed by atoms with van der Waals surface area (Å²) in [6.07, 6.45) is 0.0697. The first-order valence-corrected chi connectivity index (χ1v) is 10.9. The Labute approximate surface area is 200 Å². The maximum Gasteiger partial charge on any atom is 0.333 e. The van der Waals surface area contributed by atoms with Crippen LogP contribution in [0.1, 0.15) is 45.7 Å². The standard InChI is InChI=1S/C27H32O7/c1-8-25(28)33-19(4)30-18(3)31-23-14-10-21(11-15-23)27(6,7)22-12-16-24(17-13-22)32-20(5)34-26(29)9-2/h8-20H,1-2H2,3-7H3. The van der Waals surface area contributed by atoms with Crippen LogP contribution in [0.4, 0.5) is 0 Å². The maximum atomic E-state index is 11.3. The van der Waals surface area contributed by atoms with Gasteiger partial charge in [-0.2, -0.15) is 0 Å². The van der Waals surface area contributed by atoms with Gasteiger partial charge >= 0.3 is 11.9 Å². The molecule has 0 aliphatic heterocycles. The van der Waals surface area contributed by atoms with Crippen molar-refractivity contribution in [1.82, 2.24) is 0 Å². The number of ether oxygens (including phenoxy) is 5. The minimum atomic E-state index is -0.761. The van der Waals surface area contributed by atoms with Crippen molar-refractivity contribution in [2.75, 3.05) is 0 Å². The Hall–Kier alpha value is -3.58. The third-order valence-electron chi connectivity index (χ3n) is 5.04. The van der Waals surface area contributed by atoms with Crippen molar-refractivity contribution < 1.29 is 33.3 Å². The highest BCUT2D eigenvalue weighted by Crippen LogP contribution is 2.33. The molecule has 0 bridgehead atoms. The van der Waals surface area contributed by atoms with Gasteiger partial charge in [0.1, 0.15) is 11.5 Å². The van der Waals surface area contributed by atoms with E-state index in [2.05, 4.69) is 27.0 Å². The van der Waals surface area contributed by atoms with E-state index in [0.717, 1.165) is 23.3 Å². The molecule has 2 aromatic carbocycles. The minimum absolute atomic E-state index is 0.284. The summed E-state index contributed by atoms with van der Waals surface area (Å²) in [5.74, 6) is 0.122. The second-order valence-electron chi connectivity index (χ2n) is 8.03. The molecule has 0 heterocycles. The first-order valence-electron chi connectivity index (χ1n) is 10.9. The van der Waals surface area contributed by atoms with Crippen LogP contribution in [0.15, 0.2) is 73.8 Å². The van der Waals surface area contributed by atoms with Crippen LogP contribution in [-0.4, -0.2) is 30.8 Å². The molecule has 34 heavy (non-hydrogen) atoms. The Morgan fingerprint density at radius 3 is 1.50 bits per heavy atom. The second kappa shape index (κ2) is 12.0. The largest absolute Gasteiger partial charge is 0.465 e. The van der Waals surface area contributed by atoms with Gasteiger partial charge in [-0.25, -0.2) is 9.59 Å². The molecule has 0 fully saturated rings. The van der Waals surface area contributed by atoms with Crippen LogP contribution in [0.2, 0.25) is 0 Å². The van der Waals surface area contributed by atoms with Gasteiger partial charge in [0.15, 0.2) is 0 Å². The lowest BCUT2D eigenvalue weighted by molar-refractivity contribution is -0.204. The molecule has 0 spiro atoms. The molecule has 2 aromatic rings. The van der Waals surface area contributed by atoms with E-state index in [-0.39, 0.29) is 5.41 Å². The topological polar surface area (TPSA) is 80.3 Å². The van der Waals surface area contributed by atoms with Crippen LogP contribution in [0, 0.1) is 0 Å². The van der Waals surface area contributed by atoms with Gasteiger partial charge in [0, 0.05) is 24.5 Å². The molecular formula is C27H32O7. The molecular weight excluding hydrogens is 436 g/mol. The van der Waals surface area contributed by atoms with E-state index in [1.54, 1.807) is 20.8 Å². The second-order valence-corrected chi connectivity index (χ2v) is 8.03. The highest BCUT2D eigenvalue weighted by Gasteiger charge is 2.23. The Kier molecular flexibility index (Phi) is 9.45. The quantitative estimate of drug-likeness (QED) is 0.238. The molecule has 0 radical (unpaired) electrons. The van der Waals surface area contributed by atoms with Crippen LogP contribution in [0.5, 0.6) is 11.5 Å². The molecule has 0 aromatic heterocycles. The summed E-state index contributed by atoms with van der Waals surface area (Å²) in [6, 6.07) is 15.3. The van der Waals surface area contributed by atoms with Crippen molar-refractivity contribution in [3.8, 4) is 11.5 Å². The van der Waals surface area contributed by atoms with Gasteiger partial charge < -0.3 is 23.7 Å². The lowest BCUT2D eigenvalue weighted by atomic mass is 9.78. The van der Waals surface area contributed by atoms with E-state index in [1.807, 2.05) is 48.5 Å². The fourth-order valence-corrected chi connectivity index (χ4v) is 3.22. The maximum absolute atomic E-state index is 11.3. The van der Waals surface area contributed by atoms with Crippen LogP contribution < -0.4 is 9.47 Å². The summed E-state index contributed by atoms with van der Waals surface area (Å²) in [4.78, 5) is 22.5. The zero-order valence-corrected chi connectivity index (χ0v) is 20.3. The van der Waals surface area contributed by atoms with Crippen LogP contribution in [0.25, 0.3) is 0 Å². The summed E-state index contributed by atoms with van der Waals surface area (Å²) in [7, 11) is 0. The molecule has 3 unspecified atom stereocenters. The molecule has 0 saturated carbocycles. The summed E-state index contributed by atoms with van der Waals surface area (Å²) >= 11 is 0. The third kappa shape index (κ3) is 7.78. The molecule has 0 N–H and O–H groups in total. The fraction of sp³-hybridized carbons (Fsp3) is 0.333. The van der Waals surface area contributed by atoms with E-state index < -0.39 is 30.8 Å². The number of hydrogen-bond donors (Lipinski definition) is 0. The molecule has 7 heteroatoms. The Bertz CT molecular complexity index is 977. The van der Waals surface area contributed by atoms with Crippen LogP contribution >= 0.6 is 0 Å². The fourth-order valence-electron chi connectivity index (χ4n) is 3.22. The van der Waals surface area contributed by atoms with Gasteiger partial charge in [0.05, 0.1) is 0 Å². The van der Waals surface area contributed by atoms with E-state index >= 15 is 0 Å². The number of hydrogen-bond acceptors (Lipinski definition) is 7. The Morgan fingerprint density at radius 2 is 1.09 bits per heavy atom. The van der Waals surface area contributed by atoms with Crippen molar-refractivity contribution in [2.45, 2.75) is 58.9 Å². The zero-order chi connectivity index (χ0) is 25.3. The molecule has 3 atom stereocenters. The van der Waals surface area contributed by atoms with Gasteiger partial charge in [-0.15, -0.1) is 0 Å². The van der Waals surface area contributed by atoms with E-state index in [0.29, 0.717) is 11.5 Å². The van der Waals surface area contributed by atoms with Crippen molar-refractivity contribution in [3.05, 3.63) is 85.0 Å². The number of carbonyl (C=O) groups excluding carboxylic acids is 2. The van der Waals surface area contributed by atoms with Crippen molar-refractivity contribution >= 4 is 11.9 Å². The SMILES string of the molecule is C=CC(=O)OC(C)Oc1ccc(C(C)(C)c2ccc(OC(C)OC(C)OC(=O)C=C)cc2)cc1. The summed E-state index contributed by atoms with van der Waals surface area (Å²) in [5, 5.41) is 0. The zero-order valence-electron chi connectivity index (χ0n) is 20.3. The molecule has 7 nitrogen and oxygen atoms in total. The lowest BCUT2D eigenvalue weighted by Gasteiger charge is -2.27. The Balaban J connectivity index is 1.99. The first-order chi connectivity index (χ1) is 16.0. The smallest absolute Gasteiger partial charge is 0.333 e. The Morgan fingerprint density at radius 1 is 0.706 bits per heavy atom. The van der Waals surface area contributed by atoms with Gasteiger partial charge in [-0.05, 0) is 49.2 Å². The summed E-state index contributed by atoms with van der Waals surface area (Å²) in [6.45, 7) is 15.9. The predicted molar refractivity (Wildman–Crippen MR) is 128 cm³/mol. The normalized spacial score (nSPS) is 13.7. The monoisotopic (exact) mass is 468 g/mol. The van der Waals surface area contributed by atoms with Crippen molar-refractivity contribution in [3.63, 3.8) is 0 Å². The molecule has 182 valence electrons. The third-order valence-corrected chi connectivity index (χ3v) is 5.04. The molecule has 0 saturated heterocycles. The number of esters is 2. The van der Waals surface area contributed by atoms with Crippen LogP contribution in [0.3, 0.4) is 0 Å². The number of rotatable bonds is 12. The van der Waals surface area contributed by atoms with Gasteiger partial charge in [-0.3, -0.25) is 0 Å². The molecule has 0 aliphatic carbocycles. The van der Waals surface area contributed by atoms with E-state index in [1.165, 1.54) is 0 Å². The molecule has 2 rings (SSSR count). The van der Waals surface area contributed by atoms with Crippen molar-refractivity contribution in [1.29, 1.82) is 0 Å². The van der Waals surface area contributed by atoms with Crippen LogP contribution in [-0.2, 0) is 29.2 Å². The minimum Gasteiger partial charge on any atom is -0.465 e. The van der Waals surface area contributed by atoms with Gasteiger partial charge in [-0.1, -0.05) is 51.3 Å². The van der Waals surface area contributed by atoms with E-state index in [4.69, 9.17) is 23.7 Å². The van der Waals surface area contributed by atoms with Gasteiger partial charge in [0.2, 0.25) is 18.9 Å². The van der Waals surface area contributed by atoms with Crippen molar-refractivity contribution in [2.24, 2.45) is 0 Å². The average Bonchev–Trinajstić information content (AvgIpc) is 2.79. The first kappa shape index (κ1) is 26.7. The lowest BCUT2D eigenvalue weighted by Crippen LogP contribution is -2.26. The average molecular weight is 469 g/mol. The molecule has 0 amide bonds. The highest BCUT2D eigenvalue weighted by atomic mass is 16.8. The number of carbonyl (C=O) groups is 2. The summed E-state index contributed by atoms with van der Waals surface area (Å²) in [5.41, 5.74) is 1.88. The summed E-state index contributed by atoms with van der Waals surface area (Å²) < 4.78 is 26.9. The predicted octanol–water partition coefficient (Wildman–Crippen LogP) is 5.28. The number of benzene rings is 2. The van der Waals surface area contributed by atoms with E-state index in [9.17, 15) is 9.59 Å². The highest BCUT2D eigenvalue weighted by molar-refractivity contribution is 5.81. The molecule has 0 aliphatic rings.